The van der Waals surface area contributed by atoms with Crippen LogP contribution in [-0.2, 0) is 16.1 Å². The fraction of sp³-hybridized carbons (Fsp3) is 0.250. The van der Waals surface area contributed by atoms with Crippen molar-refractivity contribution in [2.45, 2.75) is 13.5 Å². The van der Waals surface area contributed by atoms with Gasteiger partial charge in [0.05, 0.1) is 6.26 Å². The molecule has 1 aromatic carbocycles. The lowest BCUT2D eigenvalue weighted by atomic mass is 10.2. The van der Waals surface area contributed by atoms with Crippen LogP contribution in [0.1, 0.15) is 23.0 Å². The van der Waals surface area contributed by atoms with E-state index in [0.29, 0.717) is 18.8 Å². The number of benzene rings is 1. The lowest BCUT2D eigenvalue weighted by Gasteiger charge is -2.07. The summed E-state index contributed by atoms with van der Waals surface area (Å²) in [5.74, 6) is -0.202. The number of hydrogen-bond acceptors (Lipinski definition) is 4. The zero-order valence-electron chi connectivity index (χ0n) is 12.3. The molecule has 0 spiro atoms. The molecule has 2 amide bonds. The first-order valence-corrected chi connectivity index (χ1v) is 6.97. The molecule has 1 heterocycles. The van der Waals surface area contributed by atoms with Crippen molar-refractivity contribution in [3.05, 3.63) is 54.0 Å². The molecule has 0 radical (unpaired) electrons. The molecule has 0 aliphatic heterocycles. The molecular weight excluding hydrogens is 284 g/mol. The second-order valence-corrected chi connectivity index (χ2v) is 4.54. The van der Waals surface area contributed by atoms with Gasteiger partial charge in [-0.1, -0.05) is 12.1 Å². The number of carbonyl (C=O) groups excluding carboxylic acids is 2. The summed E-state index contributed by atoms with van der Waals surface area (Å²) in [5, 5.41) is 5.47. The average Bonchev–Trinajstić information content (AvgIpc) is 3.07. The molecule has 0 unspecified atom stereocenters. The Morgan fingerprint density at radius 1 is 1.18 bits per heavy atom. The van der Waals surface area contributed by atoms with E-state index in [2.05, 4.69) is 10.6 Å². The Morgan fingerprint density at radius 2 is 1.95 bits per heavy atom. The highest BCUT2D eigenvalue weighted by Crippen LogP contribution is 2.11. The van der Waals surface area contributed by atoms with Gasteiger partial charge >= 0.3 is 0 Å². The molecule has 22 heavy (non-hydrogen) atoms. The van der Waals surface area contributed by atoms with E-state index in [1.165, 1.54) is 6.26 Å². The highest BCUT2D eigenvalue weighted by atomic mass is 16.5. The summed E-state index contributed by atoms with van der Waals surface area (Å²) in [6.07, 6.45) is 1.45. The molecule has 0 atom stereocenters. The number of carbonyl (C=O) groups is 2. The molecule has 6 heteroatoms. The Balaban J connectivity index is 1.82. The van der Waals surface area contributed by atoms with E-state index in [1.54, 1.807) is 24.3 Å². The van der Waals surface area contributed by atoms with Gasteiger partial charge in [0.25, 0.3) is 5.91 Å². The van der Waals surface area contributed by atoms with Gasteiger partial charge in [0.15, 0.2) is 5.76 Å². The van der Waals surface area contributed by atoms with E-state index < -0.39 is 0 Å². The highest BCUT2D eigenvalue weighted by molar-refractivity contribution is 6.02. The normalized spacial score (nSPS) is 10.2. The summed E-state index contributed by atoms with van der Waals surface area (Å²) in [4.78, 5) is 23.2. The van der Waals surface area contributed by atoms with Crippen LogP contribution in [0.5, 0.6) is 0 Å². The molecule has 116 valence electrons. The van der Waals surface area contributed by atoms with Crippen molar-refractivity contribution in [2.75, 3.05) is 18.5 Å². The Kier molecular flexibility index (Phi) is 5.73. The van der Waals surface area contributed by atoms with Gasteiger partial charge < -0.3 is 19.8 Å². The maximum absolute atomic E-state index is 11.8. The summed E-state index contributed by atoms with van der Waals surface area (Å²) in [6, 6.07) is 10.5. The molecule has 0 saturated carbocycles. The van der Waals surface area contributed by atoms with Crippen molar-refractivity contribution in [1.29, 1.82) is 0 Å². The Hall–Kier alpha value is -2.60. The van der Waals surface area contributed by atoms with E-state index in [4.69, 9.17) is 9.15 Å². The SMILES string of the molecule is CCOCC(=O)NCc1ccc(NC(=O)c2ccco2)cc1. The van der Waals surface area contributed by atoms with Gasteiger partial charge in [-0.05, 0) is 36.8 Å². The Morgan fingerprint density at radius 3 is 2.59 bits per heavy atom. The minimum absolute atomic E-state index is 0.0633. The van der Waals surface area contributed by atoms with E-state index >= 15 is 0 Å². The minimum Gasteiger partial charge on any atom is -0.459 e. The summed E-state index contributed by atoms with van der Waals surface area (Å²) in [7, 11) is 0. The molecule has 6 nitrogen and oxygen atoms in total. The molecule has 2 N–H and O–H groups in total. The zero-order chi connectivity index (χ0) is 15.8. The van der Waals surface area contributed by atoms with Crippen LogP contribution in [0.3, 0.4) is 0 Å². The van der Waals surface area contributed by atoms with Crippen molar-refractivity contribution in [3.63, 3.8) is 0 Å². The van der Waals surface area contributed by atoms with Crippen molar-refractivity contribution in [3.8, 4) is 0 Å². The van der Waals surface area contributed by atoms with Crippen molar-refractivity contribution in [2.24, 2.45) is 0 Å². The standard InChI is InChI=1S/C16H18N2O4/c1-2-21-11-15(19)17-10-12-5-7-13(8-6-12)18-16(20)14-4-3-9-22-14/h3-9H,2,10-11H2,1H3,(H,17,19)(H,18,20). The topological polar surface area (TPSA) is 80.6 Å². The second-order valence-electron chi connectivity index (χ2n) is 4.54. The van der Waals surface area contributed by atoms with Crippen LogP contribution in [0.2, 0.25) is 0 Å². The first kappa shape index (κ1) is 15.8. The average molecular weight is 302 g/mol. The van der Waals surface area contributed by atoms with Crippen molar-refractivity contribution in [1.82, 2.24) is 5.32 Å². The van der Waals surface area contributed by atoms with Crippen molar-refractivity contribution >= 4 is 17.5 Å². The Bertz CT molecular complexity index is 606. The second kappa shape index (κ2) is 7.99. The van der Waals surface area contributed by atoms with E-state index in [1.807, 2.05) is 19.1 Å². The molecule has 2 rings (SSSR count). The van der Waals surface area contributed by atoms with Crippen molar-refractivity contribution < 1.29 is 18.7 Å². The quantitative estimate of drug-likeness (QED) is 0.821. The number of anilines is 1. The molecule has 0 aliphatic rings. The monoisotopic (exact) mass is 302 g/mol. The van der Waals surface area contributed by atoms with Gasteiger partial charge in [0.2, 0.25) is 5.91 Å². The maximum Gasteiger partial charge on any atom is 0.291 e. The summed E-state index contributed by atoms with van der Waals surface area (Å²) in [6.45, 7) is 2.83. The largest absolute Gasteiger partial charge is 0.459 e. The zero-order valence-corrected chi connectivity index (χ0v) is 12.3. The molecule has 0 bridgehead atoms. The lowest BCUT2D eigenvalue weighted by Crippen LogP contribution is -2.27. The molecular formula is C16H18N2O4. The molecule has 1 aromatic heterocycles. The summed E-state index contributed by atoms with van der Waals surface area (Å²) >= 11 is 0. The van der Waals surface area contributed by atoms with Crippen LogP contribution in [-0.4, -0.2) is 25.0 Å². The number of ether oxygens (including phenoxy) is 1. The third kappa shape index (κ3) is 4.75. The highest BCUT2D eigenvalue weighted by Gasteiger charge is 2.08. The maximum atomic E-state index is 11.8. The number of rotatable bonds is 7. The van der Waals surface area contributed by atoms with Gasteiger partial charge in [-0.3, -0.25) is 9.59 Å². The van der Waals surface area contributed by atoms with Gasteiger partial charge in [0, 0.05) is 18.8 Å². The van der Waals surface area contributed by atoms with Crippen LogP contribution >= 0.6 is 0 Å². The third-order valence-corrected chi connectivity index (χ3v) is 2.88. The predicted molar refractivity (Wildman–Crippen MR) is 81.4 cm³/mol. The summed E-state index contributed by atoms with van der Waals surface area (Å²) < 4.78 is 10.0. The smallest absolute Gasteiger partial charge is 0.291 e. The predicted octanol–water partition coefficient (Wildman–Crippen LogP) is 2.18. The Labute approximate surface area is 128 Å². The van der Waals surface area contributed by atoms with Crippen LogP contribution in [0.4, 0.5) is 5.69 Å². The summed E-state index contributed by atoms with van der Waals surface area (Å²) in [5.41, 5.74) is 1.59. The van der Waals surface area contributed by atoms with Gasteiger partial charge in [-0.25, -0.2) is 0 Å². The molecule has 0 fully saturated rings. The van der Waals surface area contributed by atoms with Gasteiger partial charge in [0.1, 0.15) is 6.61 Å². The minimum atomic E-state index is -0.303. The van der Waals surface area contributed by atoms with E-state index in [0.717, 1.165) is 5.56 Å². The number of amides is 2. The number of hydrogen-bond donors (Lipinski definition) is 2. The number of nitrogens with one attached hydrogen (secondary N) is 2. The fourth-order valence-electron chi connectivity index (χ4n) is 1.75. The van der Waals surface area contributed by atoms with Crippen LogP contribution in [0, 0.1) is 0 Å². The lowest BCUT2D eigenvalue weighted by molar-refractivity contribution is -0.125. The van der Waals surface area contributed by atoms with E-state index in [-0.39, 0.29) is 24.2 Å². The third-order valence-electron chi connectivity index (χ3n) is 2.88. The van der Waals surface area contributed by atoms with Crippen LogP contribution in [0.25, 0.3) is 0 Å². The molecule has 0 saturated heterocycles. The first-order chi connectivity index (χ1) is 10.7. The van der Waals surface area contributed by atoms with Crippen LogP contribution < -0.4 is 10.6 Å². The molecule has 2 aromatic rings. The van der Waals surface area contributed by atoms with E-state index in [9.17, 15) is 9.59 Å². The van der Waals surface area contributed by atoms with Gasteiger partial charge in [-0.15, -0.1) is 0 Å². The molecule has 0 aliphatic carbocycles. The van der Waals surface area contributed by atoms with Crippen LogP contribution in [0.15, 0.2) is 47.1 Å². The first-order valence-electron chi connectivity index (χ1n) is 6.97. The number of furan rings is 1. The fourth-order valence-corrected chi connectivity index (χ4v) is 1.75. The van der Waals surface area contributed by atoms with Gasteiger partial charge in [-0.2, -0.15) is 0 Å².